The van der Waals surface area contributed by atoms with E-state index in [0.717, 1.165) is 38.8 Å². The van der Waals surface area contributed by atoms with E-state index in [1.54, 1.807) is 6.08 Å². The molecule has 0 aromatic rings. The first-order valence-corrected chi connectivity index (χ1v) is 6.88. The smallest absolute Gasteiger partial charge is 0.323 e. The molecular formula is C14H24N2O3. The summed E-state index contributed by atoms with van der Waals surface area (Å²) in [6.45, 7) is 7.36. The average molecular weight is 268 g/mol. The first-order chi connectivity index (χ1) is 9.05. The molecule has 5 nitrogen and oxygen atoms in total. The zero-order chi connectivity index (χ0) is 14.3. The number of aliphatic carboxylic acids is 1. The van der Waals surface area contributed by atoms with E-state index in [1.165, 1.54) is 4.90 Å². The number of piperidine rings is 1. The molecule has 0 saturated carbocycles. The average Bonchev–Trinajstić information content (AvgIpc) is 2.38. The van der Waals surface area contributed by atoms with Crippen LogP contribution in [0.15, 0.2) is 12.7 Å². The first-order valence-electron chi connectivity index (χ1n) is 6.88. The van der Waals surface area contributed by atoms with Gasteiger partial charge in [-0.2, -0.15) is 0 Å². The van der Waals surface area contributed by atoms with E-state index in [0.29, 0.717) is 6.54 Å². The summed E-state index contributed by atoms with van der Waals surface area (Å²) in [5, 5.41) is 12.2. The van der Waals surface area contributed by atoms with Gasteiger partial charge in [-0.15, -0.1) is 6.58 Å². The van der Waals surface area contributed by atoms with Crippen LogP contribution in [-0.2, 0) is 9.59 Å². The normalized spacial score (nSPS) is 17.7. The number of carbonyl (C=O) groups excluding carboxylic acids is 1. The van der Waals surface area contributed by atoms with Crippen molar-refractivity contribution < 1.29 is 14.7 Å². The molecule has 1 aliphatic rings. The molecule has 108 valence electrons. The predicted octanol–water partition coefficient (Wildman–Crippen LogP) is 1.26. The molecule has 0 aliphatic carbocycles. The number of rotatable bonds is 7. The third-order valence-electron chi connectivity index (χ3n) is 3.71. The van der Waals surface area contributed by atoms with Crippen LogP contribution in [0.4, 0.5) is 0 Å². The van der Waals surface area contributed by atoms with Gasteiger partial charge in [0.2, 0.25) is 5.91 Å². The number of carboxylic acids is 1. The lowest BCUT2D eigenvalue weighted by atomic mass is 9.74. The Bertz CT molecular complexity index is 330. The Morgan fingerprint density at radius 1 is 1.42 bits per heavy atom. The largest absolute Gasteiger partial charge is 0.480 e. The van der Waals surface area contributed by atoms with Gasteiger partial charge in [0, 0.05) is 6.54 Å². The monoisotopic (exact) mass is 268 g/mol. The highest BCUT2D eigenvalue weighted by Crippen LogP contribution is 2.36. The van der Waals surface area contributed by atoms with Gasteiger partial charge < -0.3 is 15.3 Å². The minimum absolute atomic E-state index is 0.0295. The van der Waals surface area contributed by atoms with Crippen LogP contribution in [0.3, 0.4) is 0 Å². The van der Waals surface area contributed by atoms with Crippen molar-refractivity contribution in [3.8, 4) is 0 Å². The van der Waals surface area contributed by atoms with Crippen molar-refractivity contribution in [2.75, 3.05) is 26.2 Å². The molecule has 2 N–H and O–H groups in total. The van der Waals surface area contributed by atoms with E-state index in [1.807, 2.05) is 0 Å². The van der Waals surface area contributed by atoms with Gasteiger partial charge >= 0.3 is 5.97 Å². The third-order valence-corrected chi connectivity index (χ3v) is 3.71. The fourth-order valence-electron chi connectivity index (χ4n) is 2.83. The maximum atomic E-state index is 12.7. The summed E-state index contributed by atoms with van der Waals surface area (Å²) in [7, 11) is 0. The predicted molar refractivity (Wildman–Crippen MR) is 73.9 cm³/mol. The fraction of sp³-hybridized carbons (Fsp3) is 0.714. The molecule has 0 aromatic carbocycles. The quantitative estimate of drug-likeness (QED) is 0.682. The number of amides is 1. The van der Waals surface area contributed by atoms with Crippen molar-refractivity contribution in [3.05, 3.63) is 12.7 Å². The van der Waals surface area contributed by atoms with Gasteiger partial charge in [0.05, 0.1) is 5.41 Å². The number of carbonyl (C=O) groups is 2. The van der Waals surface area contributed by atoms with E-state index in [2.05, 4.69) is 18.8 Å². The maximum Gasteiger partial charge on any atom is 0.323 e. The van der Waals surface area contributed by atoms with Crippen molar-refractivity contribution in [1.29, 1.82) is 0 Å². The van der Waals surface area contributed by atoms with Crippen LogP contribution < -0.4 is 5.32 Å². The molecule has 1 fully saturated rings. The number of hydrogen-bond acceptors (Lipinski definition) is 3. The Kier molecular flexibility index (Phi) is 6.02. The lowest BCUT2D eigenvalue weighted by Gasteiger charge is -2.39. The van der Waals surface area contributed by atoms with Gasteiger partial charge in [0.25, 0.3) is 0 Å². The van der Waals surface area contributed by atoms with Crippen LogP contribution in [-0.4, -0.2) is 48.1 Å². The number of nitrogens with zero attached hydrogens (tertiary/aromatic N) is 1. The molecule has 0 aromatic heterocycles. The highest BCUT2D eigenvalue weighted by Gasteiger charge is 2.41. The van der Waals surface area contributed by atoms with Crippen LogP contribution in [0.2, 0.25) is 0 Å². The molecule has 1 saturated heterocycles. The highest BCUT2D eigenvalue weighted by atomic mass is 16.4. The summed E-state index contributed by atoms with van der Waals surface area (Å²) in [6.07, 6.45) is 4.91. The molecule has 1 aliphatic heterocycles. The second-order valence-corrected chi connectivity index (χ2v) is 5.15. The molecule has 5 heteroatoms. The lowest BCUT2D eigenvalue weighted by molar-refractivity contribution is -0.150. The fourth-order valence-corrected chi connectivity index (χ4v) is 2.83. The second-order valence-electron chi connectivity index (χ2n) is 5.15. The summed E-state index contributed by atoms with van der Waals surface area (Å²) in [6, 6.07) is 0. The Hall–Kier alpha value is -1.36. The number of carboxylic acid groups (broad SMARTS) is 1. The summed E-state index contributed by atoms with van der Waals surface area (Å²) >= 11 is 0. The SMILES string of the molecule is C=CCN(CC(=O)O)C(=O)C1(CCC)CCNCC1. The van der Waals surface area contributed by atoms with Crippen molar-refractivity contribution >= 4 is 11.9 Å². The highest BCUT2D eigenvalue weighted by molar-refractivity contribution is 5.86. The zero-order valence-corrected chi connectivity index (χ0v) is 11.7. The van der Waals surface area contributed by atoms with Crippen LogP contribution in [0, 0.1) is 5.41 Å². The topological polar surface area (TPSA) is 69.6 Å². The third kappa shape index (κ3) is 4.06. The zero-order valence-electron chi connectivity index (χ0n) is 11.7. The van der Waals surface area contributed by atoms with E-state index in [4.69, 9.17) is 5.11 Å². The molecule has 0 bridgehead atoms. The van der Waals surface area contributed by atoms with E-state index in [9.17, 15) is 9.59 Å². The second kappa shape index (κ2) is 7.28. The molecule has 0 unspecified atom stereocenters. The Balaban J connectivity index is 2.88. The van der Waals surface area contributed by atoms with Crippen molar-refractivity contribution in [2.45, 2.75) is 32.6 Å². The van der Waals surface area contributed by atoms with Gasteiger partial charge in [0.15, 0.2) is 0 Å². The van der Waals surface area contributed by atoms with E-state index < -0.39 is 11.4 Å². The molecule has 1 rings (SSSR count). The van der Waals surface area contributed by atoms with Crippen molar-refractivity contribution in [1.82, 2.24) is 10.2 Å². The molecule has 0 spiro atoms. The van der Waals surface area contributed by atoms with Gasteiger partial charge in [-0.1, -0.05) is 19.4 Å². The summed E-state index contributed by atoms with van der Waals surface area (Å²) in [4.78, 5) is 25.0. The number of hydrogen-bond donors (Lipinski definition) is 2. The van der Waals surface area contributed by atoms with Crippen molar-refractivity contribution in [2.24, 2.45) is 5.41 Å². The van der Waals surface area contributed by atoms with Gasteiger partial charge in [-0.25, -0.2) is 0 Å². The maximum absolute atomic E-state index is 12.7. The summed E-state index contributed by atoms with van der Waals surface area (Å²) in [5.74, 6) is -1.01. The summed E-state index contributed by atoms with van der Waals surface area (Å²) < 4.78 is 0. The van der Waals surface area contributed by atoms with Crippen LogP contribution in [0.5, 0.6) is 0 Å². The number of nitrogens with one attached hydrogen (secondary N) is 1. The van der Waals surface area contributed by atoms with Crippen LogP contribution in [0.25, 0.3) is 0 Å². The lowest BCUT2D eigenvalue weighted by Crippen LogP contribution is -2.50. The van der Waals surface area contributed by atoms with Crippen LogP contribution >= 0.6 is 0 Å². The van der Waals surface area contributed by atoms with Gasteiger partial charge in [-0.05, 0) is 32.4 Å². The minimum atomic E-state index is -0.976. The van der Waals surface area contributed by atoms with Gasteiger partial charge in [-0.3, -0.25) is 9.59 Å². The van der Waals surface area contributed by atoms with E-state index in [-0.39, 0.29) is 12.5 Å². The Morgan fingerprint density at radius 2 is 2.05 bits per heavy atom. The van der Waals surface area contributed by atoms with Crippen molar-refractivity contribution in [3.63, 3.8) is 0 Å². The van der Waals surface area contributed by atoms with E-state index >= 15 is 0 Å². The van der Waals surface area contributed by atoms with Crippen LogP contribution in [0.1, 0.15) is 32.6 Å². The molecule has 0 atom stereocenters. The molecule has 1 amide bonds. The standard InChI is InChI=1S/C14H24N2O3/c1-3-5-14(6-8-15-9-7-14)13(19)16(10-4-2)11-12(17)18/h4,15H,2-3,5-11H2,1H3,(H,17,18). The first kappa shape index (κ1) is 15.7. The summed E-state index contributed by atoms with van der Waals surface area (Å²) in [5.41, 5.74) is -0.390. The Morgan fingerprint density at radius 3 is 2.53 bits per heavy atom. The van der Waals surface area contributed by atoms with Gasteiger partial charge in [0.1, 0.15) is 6.54 Å². The molecular weight excluding hydrogens is 244 g/mol. The Labute approximate surface area is 114 Å². The molecule has 1 heterocycles. The minimum Gasteiger partial charge on any atom is -0.480 e. The molecule has 19 heavy (non-hydrogen) atoms. The molecule has 0 radical (unpaired) electrons.